The first-order valence-corrected chi connectivity index (χ1v) is 8.43. The van der Waals surface area contributed by atoms with E-state index >= 15 is 0 Å². The Morgan fingerprint density at radius 1 is 1.08 bits per heavy atom. The van der Waals surface area contributed by atoms with Gasteiger partial charge in [-0.2, -0.15) is 0 Å². The van der Waals surface area contributed by atoms with Crippen molar-refractivity contribution >= 4 is 17.3 Å². The number of nitrogens with zero attached hydrogens (tertiary/aromatic N) is 2. The number of carbonyl (C=O) groups excluding carboxylic acids is 1. The molecule has 1 aromatic heterocycles. The molecule has 0 spiro atoms. The van der Waals surface area contributed by atoms with Gasteiger partial charge >= 0.3 is 0 Å². The van der Waals surface area contributed by atoms with Crippen molar-refractivity contribution in [3.05, 3.63) is 83.7 Å². The van der Waals surface area contributed by atoms with Gasteiger partial charge in [0, 0.05) is 17.6 Å². The van der Waals surface area contributed by atoms with E-state index in [2.05, 4.69) is 16.4 Å². The van der Waals surface area contributed by atoms with Crippen LogP contribution in [0.25, 0.3) is 0 Å². The highest BCUT2D eigenvalue weighted by Gasteiger charge is 2.38. The molecule has 2 aromatic carbocycles. The monoisotopic (exact) mass is 345 g/mol. The zero-order chi connectivity index (χ0) is 18.1. The van der Waals surface area contributed by atoms with Gasteiger partial charge in [0.05, 0.1) is 18.4 Å². The molecular weight excluding hydrogens is 326 g/mol. The standard InChI is InChI=1S/C21H19N3O2/c1-14-5-3-6-15(13-14)23-20-19-18(7-4-12-22-19)21(25)24(20)16-8-10-17(26-2)11-9-16/h3-13,20,23H,1-2H3/t20-/m0/s1. The fourth-order valence-corrected chi connectivity index (χ4v) is 3.22. The third-order valence-electron chi connectivity index (χ3n) is 4.48. The number of hydrogen-bond acceptors (Lipinski definition) is 4. The van der Waals surface area contributed by atoms with Crippen molar-refractivity contribution < 1.29 is 9.53 Å². The van der Waals surface area contributed by atoms with Crippen LogP contribution in [0.4, 0.5) is 11.4 Å². The summed E-state index contributed by atoms with van der Waals surface area (Å²) in [5, 5.41) is 3.46. The molecule has 0 bridgehead atoms. The molecule has 0 unspecified atom stereocenters. The number of anilines is 2. The van der Waals surface area contributed by atoms with E-state index in [4.69, 9.17) is 4.74 Å². The summed E-state index contributed by atoms with van der Waals surface area (Å²) in [6, 6.07) is 19.1. The summed E-state index contributed by atoms with van der Waals surface area (Å²) in [6.45, 7) is 2.04. The molecule has 1 aliphatic heterocycles. The number of ether oxygens (including phenoxy) is 1. The van der Waals surface area contributed by atoms with Gasteiger partial charge in [-0.25, -0.2) is 0 Å². The van der Waals surface area contributed by atoms with Crippen LogP contribution in [0.2, 0.25) is 0 Å². The van der Waals surface area contributed by atoms with Gasteiger partial charge in [0.1, 0.15) is 5.75 Å². The van der Waals surface area contributed by atoms with Gasteiger partial charge in [0.15, 0.2) is 6.17 Å². The molecule has 0 fully saturated rings. The summed E-state index contributed by atoms with van der Waals surface area (Å²) < 4.78 is 5.22. The molecular formula is C21H19N3O2. The number of rotatable bonds is 4. The first-order valence-electron chi connectivity index (χ1n) is 8.43. The Morgan fingerprint density at radius 2 is 1.88 bits per heavy atom. The first-order chi connectivity index (χ1) is 12.7. The summed E-state index contributed by atoms with van der Waals surface area (Å²) in [5.41, 5.74) is 4.23. The summed E-state index contributed by atoms with van der Waals surface area (Å²) >= 11 is 0. The maximum absolute atomic E-state index is 13.0. The molecule has 5 nitrogen and oxygen atoms in total. The maximum Gasteiger partial charge on any atom is 0.262 e. The van der Waals surface area contributed by atoms with Gasteiger partial charge in [-0.05, 0) is 61.0 Å². The molecule has 0 saturated carbocycles. The Bertz CT molecular complexity index is 953. The van der Waals surface area contributed by atoms with Crippen molar-refractivity contribution in [1.82, 2.24) is 4.98 Å². The molecule has 1 atom stereocenters. The topological polar surface area (TPSA) is 54.5 Å². The molecule has 1 aliphatic rings. The lowest BCUT2D eigenvalue weighted by Gasteiger charge is -2.26. The summed E-state index contributed by atoms with van der Waals surface area (Å²) in [6.07, 6.45) is 1.35. The first kappa shape index (κ1) is 16.1. The summed E-state index contributed by atoms with van der Waals surface area (Å²) in [5.74, 6) is 0.683. The second kappa shape index (κ2) is 6.52. The number of hydrogen-bond donors (Lipinski definition) is 1. The van der Waals surface area contributed by atoms with Crippen LogP contribution in [0.1, 0.15) is 27.8 Å². The summed E-state index contributed by atoms with van der Waals surface area (Å²) in [4.78, 5) is 19.2. The molecule has 1 N–H and O–H groups in total. The third-order valence-corrected chi connectivity index (χ3v) is 4.48. The fourth-order valence-electron chi connectivity index (χ4n) is 3.22. The fraction of sp³-hybridized carbons (Fsp3) is 0.143. The average Bonchev–Trinajstić information content (AvgIpc) is 2.94. The predicted molar refractivity (Wildman–Crippen MR) is 102 cm³/mol. The molecule has 5 heteroatoms. The van der Waals surface area contributed by atoms with Crippen LogP contribution in [-0.4, -0.2) is 18.0 Å². The highest BCUT2D eigenvalue weighted by molar-refractivity contribution is 6.11. The van der Waals surface area contributed by atoms with Crippen molar-refractivity contribution in [2.75, 3.05) is 17.3 Å². The maximum atomic E-state index is 13.0. The van der Waals surface area contributed by atoms with Crippen LogP contribution in [0.15, 0.2) is 66.9 Å². The van der Waals surface area contributed by atoms with Gasteiger partial charge in [-0.15, -0.1) is 0 Å². The quantitative estimate of drug-likeness (QED) is 0.771. The number of aryl methyl sites for hydroxylation is 1. The number of methoxy groups -OCH3 is 1. The largest absolute Gasteiger partial charge is 0.497 e. The molecule has 26 heavy (non-hydrogen) atoms. The van der Waals surface area contributed by atoms with E-state index < -0.39 is 0 Å². The zero-order valence-electron chi connectivity index (χ0n) is 14.6. The lowest BCUT2D eigenvalue weighted by Crippen LogP contribution is -2.32. The number of benzene rings is 2. The second-order valence-electron chi connectivity index (χ2n) is 6.23. The Balaban J connectivity index is 1.76. The van der Waals surface area contributed by atoms with Gasteiger partial charge in [-0.1, -0.05) is 12.1 Å². The smallest absolute Gasteiger partial charge is 0.262 e. The number of carbonyl (C=O) groups is 1. The van der Waals surface area contributed by atoms with Crippen LogP contribution >= 0.6 is 0 Å². The number of nitrogens with one attached hydrogen (secondary N) is 1. The van der Waals surface area contributed by atoms with E-state index in [0.29, 0.717) is 5.56 Å². The Morgan fingerprint density at radius 3 is 2.62 bits per heavy atom. The average molecular weight is 345 g/mol. The number of aromatic nitrogens is 1. The predicted octanol–water partition coefficient (Wildman–Crippen LogP) is 4.17. The number of amides is 1. The van der Waals surface area contributed by atoms with Gasteiger partial charge in [-0.3, -0.25) is 14.7 Å². The molecule has 2 heterocycles. The van der Waals surface area contributed by atoms with E-state index in [1.165, 1.54) is 0 Å². The molecule has 1 amide bonds. The zero-order valence-corrected chi connectivity index (χ0v) is 14.6. The molecule has 0 radical (unpaired) electrons. The van der Waals surface area contributed by atoms with Crippen molar-refractivity contribution in [2.24, 2.45) is 0 Å². The molecule has 130 valence electrons. The Labute approximate surface area is 152 Å². The van der Waals surface area contributed by atoms with Crippen molar-refractivity contribution in [3.8, 4) is 5.75 Å². The van der Waals surface area contributed by atoms with Gasteiger partial charge in [0.25, 0.3) is 5.91 Å². The van der Waals surface area contributed by atoms with Gasteiger partial charge < -0.3 is 10.1 Å². The van der Waals surface area contributed by atoms with Gasteiger partial charge in [0.2, 0.25) is 0 Å². The van der Waals surface area contributed by atoms with E-state index in [9.17, 15) is 4.79 Å². The number of pyridine rings is 1. The number of fused-ring (bicyclic) bond motifs is 1. The van der Waals surface area contributed by atoms with Crippen LogP contribution in [0.5, 0.6) is 5.75 Å². The lowest BCUT2D eigenvalue weighted by atomic mass is 10.2. The van der Waals surface area contributed by atoms with E-state index in [-0.39, 0.29) is 12.1 Å². The SMILES string of the molecule is COc1ccc(N2C(=O)c3cccnc3[C@H]2Nc2cccc(C)c2)cc1. The Hall–Kier alpha value is -3.34. The lowest BCUT2D eigenvalue weighted by molar-refractivity contribution is 0.0993. The van der Waals surface area contributed by atoms with Crippen molar-refractivity contribution in [2.45, 2.75) is 13.1 Å². The van der Waals surface area contributed by atoms with Crippen LogP contribution < -0.4 is 15.0 Å². The van der Waals surface area contributed by atoms with Crippen LogP contribution in [0, 0.1) is 6.92 Å². The van der Waals surface area contributed by atoms with E-state index in [1.807, 2.05) is 55.5 Å². The van der Waals surface area contributed by atoms with E-state index in [0.717, 1.165) is 28.4 Å². The van der Waals surface area contributed by atoms with Crippen LogP contribution in [-0.2, 0) is 0 Å². The highest BCUT2D eigenvalue weighted by Crippen LogP contribution is 2.37. The normalized spacial score (nSPS) is 15.7. The molecule has 0 aliphatic carbocycles. The van der Waals surface area contributed by atoms with E-state index in [1.54, 1.807) is 24.3 Å². The van der Waals surface area contributed by atoms with Crippen molar-refractivity contribution in [1.29, 1.82) is 0 Å². The molecule has 4 rings (SSSR count). The minimum Gasteiger partial charge on any atom is -0.497 e. The Kier molecular flexibility index (Phi) is 4.05. The van der Waals surface area contributed by atoms with Crippen LogP contribution in [0.3, 0.4) is 0 Å². The summed E-state index contributed by atoms with van der Waals surface area (Å²) in [7, 11) is 1.62. The molecule has 0 saturated heterocycles. The minimum absolute atomic E-state index is 0.0663. The minimum atomic E-state index is -0.367. The molecule has 3 aromatic rings. The third kappa shape index (κ3) is 2.77. The second-order valence-corrected chi connectivity index (χ2v) is 6.23. The van der Waals surface area contributed by atoms with Crippen molar-refractivity contribution in [3.63, 3.8) is 0 Å². The highest BCUT2D eigenvalue weighted by atomic mass is 16.5.